The van der Waals surface area contributed by atoms with Gasteiger partial charge < -0.3 is 18.9 Å². The summed E-state index contributed by atoms with van der Waals surface area (Å²) in [4.78, 5) is 55.6. The summed E-state index contributed by atoms with van der Waals surface area (Å²) in [5.74, 6) is -2.09. The van der Waals surface area contributed by atoms with Crippen LogP contribution in [0.2, 0.25) is 0 Å². The molecule has 43 heavy (non-hydrogen) atoms. The number of nitrogens with one attached hydrogen (secondary N) is 1. The molecule has 0 radical (unpaired) electrons. The van der Waals surface area contributed by atoms with Crippen molar-refractivity contribution in [3.63, 3.8) is 0 Å². The molecule has 1 fully saturated rings. The Kier molecular flexibility index (Phi) is 9.50. The van der Waals surface area contributed by atoms with Crippen LogP contribution in [0, 0.1) is 4.64 Å². The second-order valence-electron chi connectivity index (χ2n) is 9.37. The second kappa shape index (κ2) is 13.6. The van der Waals surface area contributed by atoms with E-state index in [0.717, 1.165) is 0 Å². The lowest BCUT2D eigenvalue weighted by Crippen LogP contribution is -2.42. The Morgan fingerprint density at radius 3 is 1.81 bits per heavy atom. The molecule has 5 rings (SSSR count). The van der Waals surface area contributed by atoms with Gasteiger partial charge in [-0.1, -0.05) is 66.8 Å². The Morgan fingerprint density at radius 2 is 1.30 bits per heavy atom. The van der Waals surface area contributed by atoms with E-state index in [0.29, 0.717) is 10.5 Å². The summed E-state index contributed by atoms with van der Waals surface area (Å²) in [5.41, 5.74) is 0.143. The Labute approximate surface area is 255 Å². The number of thioether (sulfide) groups is 1. The molecule has 0 spiro atoms. The molecule has 3 aromatic carbocycles. The third kappa shape index (κ3) is 6.94. The number of hydrogen-bond donors (Lipinski definition) is 1. The first-order valence-corrected chi connectivity index (χ1v) is 14.8. The van der Waals surface area contributed by atoms with E-state index in [1.807, 2.05) is 0 Å². The number of nitrogens with zero attached hydrogens (tertiary/aromatic N) is 1. The van der Waals surface area contributed by atoms with Gasteiger partial charge >= 0.3 is 23.6 Å². The highest BCUT2D eigenvalue weighted by atomic mass is 32.2. The Hall–Kier alpha value is -4.52. The highest BCUT2D eigenvalue weighted by Crippen LogP contribution is 2.35. The van der Waals surface area contributed by atoms with Crippen molar-refractivity contribution < 1.29 is 33.3 Å². The third-order valence-corrected chi connectivity index (χ3v) is 7.81. The van der Waals surface area contributed by atoms with Crippen LogP contribution in [0.15, 0.2) is 107 Å². The van der Waals surface area contributed by atoms with Crippen molar-refractivity contribution in [1.29, 1.82) is 0 Å². The molecule has 1 N–H and O–H groups in total. The average molecular weight is 619 g/mol. The molecule has 4 atom stereocenters. The molecule has 1 aliphatic rings. The zero-order valence-electron chi connectivity index (χ0n) is 22.8. The van der Waals surface area contributed by atoms with E-state index in [1.165, 1.54) is 22.5 Å². The minimum absolute atomic E-state index is 0.227. The van der Waals surface area contributed by atoms with Gasteiger partial charge in [0.05, 0.1) is 21.6 Å². The minimum Gasteiger partial charge on any atom is -0.459 e. The summed E-state index contributed by atoms with van der Waals surface area (Å²) < 4.78 is 25.0. The van der Waals surface area contributed by atoms with Crippen LogP contribution in [0.25, 0.3) is 0 Å². The fourth-order valence-electron chi connectivity index (χ4n) is 4.48. The van der Waals surface area contributed by atoms with Crippen LogP contribution in [0.5, 0.6) is 0 Å². The first kappa shape index (κ1) is 30.0. The first-order chi connectivity index (χ1) is 20.9. The molecular weight excluding hydrogens is 592 g/mol. The molecule has 1 saturated heterocycles. The van der Waals surface area contributed by atoms with Crippen LogP contribution in [-0.2, 0) is 18.9 Å². The smallest absolute Gasteiger partial charge is 0.338 e. The van der Waals surface area contributed by atoms with Gasteiger partial charge in [0, 0.05) is 6.20 Å². The summed E-state index contributed by atoms with van der Waals surface area (Å²) >= 11 is 6.57. The number of carbonyl (C=O) groups is 3. The van der Waals surface area contributed by atoms with Gasteiger partial charge in [0.2, 0.25) is 0 Å². The van der Waals surface area contributed by atoms with Crippen molar-refractivity contribution >= 4 is 41.9 Å². The monoisotopic (exact) mass is 618 g/mol. The zero-order chi connectivity index (χ0) is 30.3. The maximum atomic E-state index is 13.3. The Bertz CT molecular complexity index is 1710. The summed E-state index contributed by atoms with van der Waals surface area (Å²) in [7, 11) is 0. The number of aromatic amines is 1. The van der Waals surface area contributed by atoms with Gasteiger partial charge in [-0.25, -0.2) is 19.2 Å². The van der Waals surface area contributed by atoms with Gasteiger partial charge in [-0.2, -0.15) is 0 Å². The quantitative estimate of drug-likeness (QED) is 0.121. The number of rotatable bonds is 9. The predicted octanol–water partition coefficient (Wildman–Crippen LogP) is 4.83. The molecule has 0 aliphatic carbocycles. The number of aromatic nitrogens is 2. The van der Waals surface area contributed by atoms with Crippen LogP contribution in [0.3, 0.4) is 0 Å². The fraction of sp³-hybridized carbons (Fsp3) is 0.194. The highest BCUT2D eigenvalue weighted by Gasteiger charge is 2.51. The van der Waals surface area contributed by atoms with E-state index in [4.69, 9.17) is 31.2 Å². The maximum absolute atomic E-state index is 13.3. The minimum atomic E-state index is -1.32. The summed E-state index contributed by atoms with van der Waals surface area (Å²) in [5, 5.41) is 0. The molecule has 1 aliphatic heterocycles. The summed E-state index contributed by atoms with van der Waals surface area (Å²) in [6.07, 6.45) is -1.72. The molecular formula is C31H26N2O8S2. The van der Waals surface area contributed by atoms with Crippen molar-refractivity contribution in [1.82, 2.24) is 9.55 Å². The highest BCUT2D eigenvalue weighted by molar-refractivity contribution is 7.98. The van der Waals surface area contributed by atoms with Gasteiger partial charge in [0.15, 0.2) is 18.4 Å². The molecule has 1 aromatic heterocycles. The molecule has 2 heterocycles. The van der Waals surface area contributed by atoms with Crippen LogP contribution >= 0.6 is 24.0 Å². The molecule has 220 valence electrons. The zero-order valence-corrected chi connectivity index (χ0v) is 24.4. The van der Waals surface area contributed by atoms with Crippen molar-refractivity contribution in [3.05, 3.63) is 129 Å². The van der Waals surface area contributed by atoms with Gasteiger partial charge in [-0.3, -0.25) is 9.55 Å². The standard InChI is InChI=1S/C31H26N2O8S2/c1-43-23-17-33(31(37)32-26(23)42)27-25(41-30(36)21-15-9-4-10-16-21)24(40-29(35)20-13-7-3-8-14-20)22(39-27)18-38-28(34)19-11-5-2-6-12-19/h2-17,22,24-25,27H,18H2,1H3,(H,32,37,42)/t22-,24-,25-,27+/m1/s1. The molecule has 0 saturated carbocycles. The number of benzene rings is 3. The number of hydrogen-bond acceptors (Lipinski definition) is 10. The van der Waals surface area contributed by atoms with Crippen LogP contribution in [0.4, 0.5) is 0 Å². The number of carbonyl (C=O) groups excluding carboxylic acids is 3. The normalized spacial score (nSPS) is 19.4. The second-order valence-corrected chi connectivity index (χ2v) is 10.6. The number of ether oxygens (including phenoxy) is 4. The van der Waals surface area contributed by atoms with E-state index in [-0.39, 0.29) is 22.4 Å². The van der Waals surface area contributed by atoms with E-state index >= 15 is 0 Å². The van der Waals surface area contributed by atoms with E-state index < -0.39 is 48.1 Å². The fourth-order valence-corrected chi connectivity index (χ4v) is 5.33. The van der Waals surface area contributed by atoms with Gasteiger partial charge in [0.25, 0.3) is 0 Å². The molecule has 0 unspecified atom stereocenters. The lowest BCUT2D eigenvalue weighted by Gasteiger charge is -2.25. The van der Waals surface area contributed by atoms with E-state index in [1.54, 1.807) is 97.3 Å². The topological polar surface area (TPSA) is 126 Å². The van der Waals surface area contributed by atoms with Crippen molar-refractivity contribution in [2.75, 3.05) is 12.9 Å². The van der Waals surface area contributed by atoms with Crippen molar-refractivity contribution in [2.45, 2.75) is 29.4 Å². The third-order valence-electron chi connectivity index (χ3n) is 6.61. The SMILES string of the molecule is CSc1cn([C@H]2O[C@H](COC(=O)c3ccccc3)[C@@H](OC(=O)c3ccccc3)[C@H]2OC(=O)c2ccccc2)c(=O)[nH]c1=S. The molecule has 12 heteroatoms. The van der Waals surface area contributed by atoms with Gasteiger partial charge in [-0.15, -0.1) is 11.8 Å². The Balaban J connectivity index is 1.53. The summed E-state index contributed by atoms with van der Waals surface area (Å²) in [6, 6.07) is 24.8. The molecule has 4 aromatic rings. The molecule has 0 bridgehead atoms. The molecule has 0 amide bonds. The number of esters is 3. The number of H-pyrrole nitrogens is 1. The maximum Gasteiger partial charge on any atom is 0.338 e. The molecule has 10 nitrogen and oxygen atoms in total. The van der Waals surface area contributed by atoms with Gasteiger partial charge in [-0.05, 0) is 42.7 Å². The first-order valence-electron chi connectivity index (χ1n) is 13.1. The summed E-state index contributed by atoms with van der Waals surface area (Å²) in [6.45, 7) is -0.372. The van der Waals surface area contributed by atoms with Crippen LogP contribution in [0.1, 0.15) is 37.3 Å². The Morgan fingerprint density at radius 1 is 0.814 bits per heavy atom. The lowest BCUT2D eigenvalue weighted by atomic mass is 10.1. The largest absolute Gasteiger partial charge is 0.459 e. The average Bonchev–Trinajstić information content (AvgIpc) is 3.36. The van der Waals surface area contributed by atoms with Gasteiger partial charge in [0.1, 0.15) is 17.4 Å². The van der Waals surface area contributed by atoms with Crippen LogP contribution in [-0.4, -0.2) is 58.6 Å². The van der Waals surface area contributed by atoms with Crippen molar-refractivity contribution in [2.24, 2.45) is 0 Å². The van der Waals surface area contributed by atoms with Crippen LogP contribution < -0.4 is 5.69 Å². The van der Waals surface area contributed by atoms with Crippen molar-refractivity contribution in [3.8, 4) is 0 Å². The lowest BCUT2D eigenvalue weighted by molar-refractivity contribution is -0.0642. The van der Waals surface area contributed by atoms with E-state index in [9.17, 15) is 19.2 Å². The predicted molar refractivity (Wildman–Crippen MR) is 160 cm³/mol. The van der Waals surface area contributed by atoms with E-state index in [2.05, 4.69) is 4.98 Å².